The van der Waals surface area contributed by atoms with Crippen molar-refractivity contribution < 1.29 is 4.74 Å². The molecule has 0 radical (unpaired) electrons. The minimum absolute atomic E-state index is 0.417. The molecule has 2 heteroatoms. The summed E-state index contributed by atoms with van der Waals surface area (Å²) in [7, 11) is 0. The van der Waals surface area contributed by atoms with Crippen molar-refractivity contribution in [3.8, 4) is 0 Å². The summed E-state index contributed by atoms with van der Waals surface area (Å²) in [4.78, 5) is 0. The summed E-state index contributed by atoms with van der Waals surface area (Å²) in [5, 5.41) is 3.67. The fourth-order valence-corrected chi connectivity index (χ4v) is 2.15. The van der Waals surface area contributed by atoms with Gasteiger partial charge in [0.25, 0.3) is 0 Å². The highest BCUT2D eigenvalue weighted by atomic mass is 16.5. The van der Waals surface area contributed by atoms with Gasteiger partial charge in [0.05, 0.1) is 12.2 Å². The van der Waals surface area contributed by atoms with Crippen LogP contribution in [-0.4, -0.2) is 24.3 Å². The first-order chi connectivity index (χ1) is 5.75. The normalized spacial score (nSPS) is 43.0. The van der Waals surface area contributed by atoms with E-state index in [1.807, 2.05) is 0 Å². The monoisotopic (exact) mass is 169 g/mol. The maximum absolute atomic E-state index is 5.68. The molecule has 12 heavy (non-hydrogen) atoms. The fourth-order valence-electron chi connectivity index (χ4n) is 2.15. The van der Waals surface area contributed by atoms with E-state index in [-0.39, 0.29) is 0 Å². The van der Waals surface area contributed by atoms with Crippen LogP contribution in [-0.2, 0) is 4.74 Å². The summed E-state index contributed by atoms with van der Waals surface area (Å²) in [6, 6.07) is 1.41. The Kier molecular flexibility index (Phi) is 2.37. The summed E-state index contributed by atoms with van der Waals surface area (Å²) in [6.07, 6.45) is 6.22. The van der Waals surface area contributed by atoms with Gasteiger partial charge in [0.15, 0.2) is 0 Å². The molecule has 1 saturated heterocycles. The topological polar surface area (TPSA) is 21.3 Å². The molecule has 0 aromatic rings. The van der Waals surface area contributed by atoms with E-state index in [1.165, 1.54) is 25.7 Å². The van der Waals surface area contributed by atoms with E-state index in [2.05, 4.69) is 19.2 Å². The van der Waals surface area contributed by atoms with E-state index in [4.69, 9.17) is 4.74 Å². The highest BCUT2D eigenvalue weighted by Gasteiger charge is 2.32. The molecule has 2 fully saturated rings. The molecule has 2 rings (SSSR count). The Morgan fingerprint density at radius 3 is 2.42 bits per heavy atom. The van der Waals surface area contributed by atoms with Crippen molar-refractivity contribution in [3.63, 3.8) is 0 Å². The summed E-state index contributed by atoms with van der Waals surface area (Å²) >= 11 is 0. The number of rotatable bonds is 2. The van der Waals surface area contributed by atoms with Gasteiger partial charge < -0.3 is 10.1 Å². The predicted molar refractivity (Wildman–Crippen MR) is 49.2 cm³/mol. The maximum Gasteiger partial charge on any atom is 0.0704 e. The Morgan fingerprint density at radius 2 is 2.00 bits per heavy atom. The standard InChI is InChI=1S/C10H19NO/c1-7-6-10(8(2)12-7)11-9-4-3-5-9/h7-11H,3-6H2,1-2H3. The molecular weight excluding hydrogens is 150 g/mol. The average molecular weight is 169 g/mol. The molecule has 1 heterocycles. The quantitative estimate of drug-likeness (QED) is 0.679. The lowest BCUT2D eigenvalue weighted by atomic mass is 9.91. The zero-order chi connectivity index (χ0) is 8.55. The van der Waals surface area contributed by atoms with Gasteiger partial charge in [-0.25, -0.2) is 0 Å². The predicted octanol–water partition coefficient (Wildman–Crippen LogP) is 1.69. The summed E-state index contributed by atoms with van der Waals surface area (Å²) < 4.78 is 5.68. The third-order valence-electron chi connectivity index (χ3n) is 3.15. The lowest BCUT2D eigenvalue weighted by Crippen LogP contribution is -2.45. The second-order valence-electron chi connectivity index (χ2n) is 4.29. The molecule has 1 aliphatic carbocycles. The van der Waals surface area contributed by atoms with E-state index in [1.54, 1.807) is 0 Å². The molecule has 3 unspecified atom stereocenters. The molecule has 0 aromatic carbocycles. The van der Waals surface area contributed by atoms with Crippen molar-refractivity contribution in [2.45, 2.75) is 63.8 Å². The lowest BCUT2D eigenvalue weighted by Gasteiger charge is -2.30. The van der Waals surface area contributed by atoms with E-state index in [0.717, 1.165) is 6.04 Å². The Labute approximate surface area is 74.7 Å². The maximum atomic E-state index is 5.68. The van der Waals surface area contributed by atoms with Crippen LogP contribution in [0.25, 0.3) is 0 Å². The van der Waals surface area contributed by atoms with Crippen LogP contribution >= 0.6 is 0 Å². The van der Waals surface area contributed by atoms with Crippen LogP contribution in [0.15, 0.2) is 0 Å². The minimum Gasteiger partial charge on any atom is -0.374 e. The van der Waals surface area contributed by atoms with Gasteiger partial charge in [0, 0.05) is 12.1 Å². The molecule has 1 N–H and O–H groups in total. The van der Waals surface area contributed by atoms with Crippen LogP contribution in [0.4, 0.5) is 0 Å². The van der Waals surface area contributed by atoms with Gasteiger partial charge in [0.1, 0.15) is 0 Å². The minimum atomic E-state index is 0.417. The number of hydrogen-bond acceptors (Lipinski definition) is 2. The van der Waals surface area contributed by atoms with Gasteiger partial charge >= 0.3 is 0 Å². The first-order valence-corrected chi connectivity index (χ1v) is 5.17. The highest BCUT2D eigenvalue weighted by molar-refractivity contribution is 4.88. The third-order valence-corrected chi connectivity index (χ3v) is 3.15. The zero-order valence-corrected chi connectivity index (χ0v) is 8.05. The molecule has 2 aliphatic rings. The molecule has 0 bridgehead atoms. The molecule has 3 atom stereocenters. The second-order valence-corrected chi connectivity index (χ2v) is 4.29. The number of ether oxygens (including phenoxy) is 1. The van der Waals surface area contributed by atoms with Crippen molar-refractivity contribution in [1.82, 2.24) is 5.32 Å². The van der Waals surface area contributed by atoms with Crippen LogP contribution < -0.4 is 5.32 Å². The Balaban J connectivity index is 1.79. The SMILES string of the molecule is CC1CC(NC2CCC2)C(C)O1. The summed E-state index contributed by atoms with van der Waals surface area (Å²) in [6.45, 7) is 4.35. The van der Waals surface area contributed by atoms with Crippen LogP contribution in [0.5, 0.6) is 0 Å². The van der Waals surface area contributed by atoms with Crippen molar-refractivity contribution in [2.24, 2.45) is 0 Å². The Morgan fingerprint density at radius 1 is 1.25 bits per heavy atom. The van der Waals surface area contributed by atoms with Gasteiger partial charge in [-0.2, -0.15) is 0 Å². The van der Waals surface area contributed by atoms with Gasteiger partial charge in [-0.15, -0.1) is 0 Å². The van der Waals surface area contributed by atoms with Gasteiger partial charge in [-0.1, -0.05) is 6.42 Å². The second kappa shape index (κ2) is 3.35. The Hall–Kier alpha value is -0.0800. The van der Waals surface area contributed by atoms with Crippen molar-refractivity contribution >= 4 is 0 Å². The average Bonchev–Trinajstić information content (AvgIpc) is 2.21. The zero-order valence-electron chi connectivity index (χ0n) is 8.05. The molecule has 0 amide bonds. The largest absolute Gasteiger partial charge is 0.374 e. The number of hydrogen-bond donors (Lipinski definition) is 1. The van der Waals surface area contributed by atoms with Crippen LogP contribution in [0.2, 0.25) is 0 Å². The van der Waals surface area contributed by atoms with Crippen molar-refractivity contribution in [1.29, 1.82) is 0 Å². The van der Waals surface area contributed by atoms with E-state index >= 15 is 0 Å². The molecule has 1 saturated carbocycles. The van der Waals surface area contributed by atoms with E-state index < -0.39 is 0 Å². The molecule has 1 aliphatic heterocycles. The van der Waals surface area contributed by atoms with E-state index in [9.17, 15) is 0 Å². The Bertz CT molecular complexity index is 156. The summed E-state index contributed by atoms with van der Waals surface area (Å²) in [5.74, 6) is 0. The van der Waals surface area contributed by atoms with Crippen LogP contribution in [0.3, 0.4) is 0 Å². The molecule has 0 spiro atoms. The fraction of sp³-hybridized carbons (Fsp3) is 1.00. The van der Waals surface area contributed by atoms with Gasteiger partial charge in [0.2, 0.25) is 0 Å². The smallest absolute Gasteiger partial charge is 0.0704 e. The lowest BCUT2D eigenvalue weighted by molar-refractivity contribution is 0.0581. The first-order valence-electron chi connectivity index (χ1n) is 5.17. The number of nitrogens with one attached hydrogen (secondary N) is 1. The van der Waals surface area contributed by atoms with E-state index in [0.29, 0.717) is 18.2 Å². The van der Waals surface area contributed by atoms with Crippen molar-refractivity contribution in [3.05, 3.63) is 0 Å². The molecule has 2 nitrogen and oxygen atoms in total. The van der Waals surface area contributed by atoms with Crippen LogP contribution in [0, 0.1) is 0 Å². The summed E-state index contributed by atoms with van der Waals surface area (Å²) in [5.41, 5.74) is 0. The molecule has 70 valence electrons. The molecule has 0 aromatic heterocycles. The van der Waals surface area contributed by atoms with Gasteiger partial charge in [-0.05, 0) is 33.1 Å². The van der Waals surface area contributed by atoms with Gasteiger partial charge in [-0.3, -0.25) is 0 Å². The highest BCUT2D eigenvalue weighted by Crippen LogP contribution is 2.24. The third kappa shape index (κ3) is 1.64. The first kappa shape index (κ1) is 8.52. The molecular formula is C10H19NO. The van der Waals surface area contributed by atoms with Crippen molar-refractivity contribution in [2.75, 3.05) is 0 Å². The van der Waals surface area contributed by atoms with Crippen LogP contribution in [0.1, 0.15) is 39.5 Å².